The molecule has 60 valence electrons. The van der Waals surface area contributed by atoms with Gasteiger partial charge in [0.2, 0.25) is 0 Å². The molecule has 0 amide bonds. The summed E-state index contributed by atoms with van der Waals surface area (Å²) >= 11 is 0. The molecule has 0 aromatic carbocycles. The Balaban J connectivity index is 2.26. The lowest BCUT2D eigenvalue weighted by atomic mass is 9.91. The highest BCUT2D eigenvalue weighted by atomic mass is 16.5. The van der Waals surface area contributed by atoms with Crippen LogP contribution in [-0.4, -0.2) is 17.5 Å². The fourth-order valence-electron chi connectivity index (χ4n) is 1.73. The first-order valence-electron chi connectivity index (χ1n) is 3.95. The van der Waals surface area contributed by atoms with E-state index in [0.717, 1.165) is 37.3 Å². The molecule has 0 bridgehead atoms. The van der Waals surface area contributed by atoms with Gasteiger partial charge in [-0.05, 0) is 25.3 Å². The number of hydrogen-bond donors (Lipinski definition) is 1. The second kappa shape index (κ2) is 2.57. The van der Waals surface area contributed by atoms with Crippen LogP contribution in [0.5, 0.6) is 0 Å². The third-order valence-corrected chi connectivity index (χ3v) is 2.30. The van der Waals surface area contributed by atoms with Crippen LogP contribution in [0.1, 0.15) is 19.3 Å². The molecule has 1 heterocycles. The van der Waals surface area contributed by atoms with Crippen LogP contribution in [0.2, 0.25) is 0 Å². The monoisotopic (exact) mass is 153 g/mol. The molecule has 0 aromatic rings. The van der Waals surface area contributed by atoms with Gasteiger partial charge in [-0.2, -0.15) is 0 Å². The van der Waals surface area contributed by atoms with E-state index in [2.05, 4.69) is 11.2 Å². The zero-order chi connectivity index (χ0) is 7.68. The van der Waals surface area contributed by atoms with Crippen molar-refractivity contribution < 1.29 is 9.94 Å². The molecule has 2 aliphatic rings. The van der Waals surface area contributed by atoms with Crippen LogP contribution >= 0.6 is 0 Å². The maximum atomic E-state index is 8.64. The van der Waals surface area contributed by atoms with Gasteiger partial charge in [-0.3, -0.25) is 0 Å². The van der Waals surface area contributed by atoms with E-state index in [1.807, 2.05) is 0 Å². The lowest BCUT2D eigenvalue weighted by Crippen LogP contribution is -2.16. The van der Waals surface area contributed by atoms with Crippen molar-refractivity contribution in [3.8, 4) is 0 Å². The van der Waals surface area contributed by atoms with Gasteiger partial charge in [-0.25, -0.2) is 0 Å². The molecule has 1 atom stereocenters. The molecule has 0 saturated carbocycles. The van der Waals surface area contributed by atoms with Crippen molar-refractivity contribution in [2.45, 2.75) is 19.3 Å². The summed E-state index contributed by atoms with van der Waals surface area (Å²) in [7, 11) is 0. The summed E-state index contributed by atoms with van der Waals surface area (Å²) < 4.78 is 5.36. The topological polar surface area (TPSA) is 41.8 Å². The smallest absolute Gasteiger partial charge is 0.101 e. The minimum atomic E-state index is 0.286. The van der Waals surface area contributed by atoms with Crippen LogP contribution in [0.25, 0.3) is 0 Å². The molecule has 1 N–H and O–H groups in total. The summed E-state index contributed by atoms with van der Waals surface area (Å²) in [6, 6.07) is 0. The zero-order valence-electron chi connectivity index (χ0n) is 6.29. The van der Waals surface area contributed by atoms with Crippen LogP contribution in [0.15, 0.2) is 17.0 Å². The Bertz CT molecular complexity index is 220. The van der Waals surface area contributed by atoms with Gasteiger partial charge in [0.25, 0.3) is 0 Å². The molecule has 1 fully saturated rings. The van der Waals surface area contributed by atoms with Gasteiger partial charge in [0.1, 0.15) is 5.76 Å². The summed E-state index contributed by atoms with van der Waals surface area (Å²) in [5, 5.41) is 11.9. The van der Waals surface area contributed by atoms with Crippen LogP contribution in [0.4, 0.5) is 0 Å². The molecule has 11 heavy (non-hydrogen) atoms. The number of ether oxygens (including phenoxy) is 1. The van der Waals surface area contributed by atoms with E-state index in [1.54, 1.807) is 0 Å². The highest BCUT2D eigenvalue weighted by Gasteiger charge is 2.30. The minimum absolute atomic E-state index is 0.286. The normalized spacial score (nSPS) is 32.9. The highest BCUT2D eigenvalue weighted by molar-refractivity contribution is 5.89. The van der Waals surface area contributed by atoms with Crippen LogP contribution < -0.4 is 0 Å². The lowest BCUT2D eigenvalue weighted by Gasteiger charge is -2.15. The minimum Gasteiger partial charge on any atom is -0.498 e. The molecule has 0 aromatic heterocycles. The van der Waals surface area contributed by atoms with Gasteiger partial charge in [-0.1, -0.05) is 5.16 Å². The first-order valence-corrected chi connectivity index (χ1v) is 3.95. The summed E-state index contributed by atoms with van der Waals surface area (Å²) in [6.45, 7) is 0.773. The molecule has 0 spiro atoms. The Morgan fingerprint density at radius 3 is 3.36 bits per heavy atom. The number of allylic oxidation sites excluding steroid dienone is 2. The predicted octanol–water partition coefficient (Wildman–Crippen LogP) is 1.53. The molecule has 3 nitrogen and oxygen atoms in total. The van der Waals surface area contributed by atoms with E-state index in [9.17, 15) is 0 Å². The van der Waals surface area contributed by atoms with Gasteiger partial charge in [0.15, 0.2) is 0 Å². The molecule has 1 unspecified atom stereocenters. The summed E-state index contributed by atoms with van der Waals surface area (Å²) in [6.07, 6.45) is 4.91. The Morgan fingerprint density at radius 2 is 2.55 bits per heavy atom. The van der Waals surface area contributed by atoms with Crippen LogP contribution in [0.3, 0.4) is 0 Å². The molecular weight excluding hydrogens is 142 g/mol. The number of fused-ring (bicyclic) bond motifs is 1. The maximum absolute atomic E-state index is 8.64. The maximum Gasteiger partial charge on any atom is 0.101 e. The van der Waals surface area contributed by atoms with Gasteiger partial charge < -0.3 is 9.94 Å². The van der Waals surface area contributed by atoms with E-state index in [1.165, 1.54) is 0 Å². The average Bonchev–Trinajstić information content (AvgIpc) is 2.50. The molecule has 1 aliphatic carbocycles. The first-order chi connectivity index (χ1) is 5.42. The van der Waals surface area contributed by atoms with Crippen molar-refractivity contribution >= 4 is 5.71 Å². The van der Waals surface area contributed by atoms with Gasteiger partial charge in [0.05, 0.1) is 18.2 Å². The van der Waals surface area contributed by atoms with Gasteiger partial charge in [0, 0.05) is 0 Å². The third-order valence-electron chi connectivity index (χ3n) is 2.30. The predicted molar refractivity (Wildman–Crippen MR) is 40.6 cm³/mol. The summed E-state index contributed by atoms with van der Waals surface area (Å²) in [5.74, 6) is 1.30. The first kappa shape index (κ1) is 6.70. The molecule has 1 saturated heterocycles. The fraction of sp³-hybridized carbons (Fsp3) is 0.625. The number of oxime groups is 1. The largest absolute Gasteiger partial charge is 0.498 e. The van der Waals surface area contributed by atoms with Crippen molar-refractivity contribution in [1.82, 2.24) is 0 Å². The number of hydrogen-bond acceptors (Lipinski definition) is 3. The highest BCUT2D eigenvalue weighted by Crippen LogP contribution is 2.31. The van der Waals surface area contributed by atoms with E-state index >= 15 is 0 Å². The quantitative estimate of drug-likeness (QED) is 0.423. The SMILES string of the molecule is ON=C1CCC=C2OCCC21. The van der Waals surface area contributed by atoms with Crippen molar-refractivity contribution in [2.75, 3.05) is 6.61 Å². The van der Waals surface area contributed by atoms with E-state index in [4.69, 9.17) is 9.94 Å². The van der Waals surface area contributed by atoms with Crippen molar-refractivity contribution in [3.05, 3.63) is 11.8 Å². The molecular formula is C8H11NO2. The van der Waals surface area contributed by atoms with Crippen LogP contribution in [0, 0.1) is 5.92 Å². The standard InChI is InChI=1S/C8H11NO2/c10-9-7-2-1-3-8-6(7)4-5-11-8/h3,6,10H,1-2,4-5H2. The fourth-order valence-corrected chi connectivity index (χ4v) is 1.73. The van der Waals surface area contributed by atoms with E-state index in [-0.39, 0.29) is 5.92 Å². The van der Waals surface area contributed by atoms with E-state index in [0.29, 0.717) is 0 Å². The van der Waals surface area contributed by atoms with Gasteiger partial charge in [-0.15, -0.1) is 0 Å². The molecule has 2 rings (SSSR count). The molecule has 3 heteroatoms. The Kier molecular flexibility index (Phi) is 1.56. The molecule has 1 aliphatic heterocycles. The molecule has 0 radical (unpaired) electrons. The van der Waals surface area contributed by atoms with Crippen molar-refractivity contribution in [2.24, 2.45) is 11.1 Å². The second-order valence-corrected chi connectivity index (χ2v) is 2.93. The number of nitrogens with zero attached hydrogens (tertiary/aromatic N) is 1. The third kappa shape index (κ3) is 1.00. The zero-order valence-corrected chi connectivity index (χ0v) is 6.29. The van der Waals surface area contributed by atoms with E-state index < -0.39 is 0 Å². The second-order valence-electron chi connectivity index (χ2n) is 2.93. The van der Waals surface area contributed by atoms with Crippen molar-refractivity contribution in [1.29, 1.82) is 0 Å². The Hall–Kier alpha value is -0.990. The van der Waals surface area contributed by atoms with Crippen LogP contribution in [-0.2, 0) is 4.74 Å². The Labute approximate surface area is 65.3 Å². The average molecular weight is 153 g/mol. The summed E-state index contributed by atoms with van der Waals surface area (Å²) in [5.41, 5.74) is 0.889. The van der Waals surface area contributed by atoms with Crippen molar-refractivity contribution in [3.63, 3.8) is 0 Å². The van der Waals surface area contributed by atoms with Gasteiger partial charge >= 0.3 is 0 Å². The summed E-state index contributed by atoms with van der Waals surface area (Å²) in [4.78, 5) is 0. The Morgan fingerprint density at radius 1 is 1.64 bits per heavy atom. The lowest BCUT2D eigenvalue weighted by molar-refractivity contribution is 0.258. The number of rotatable bonds is 0.